The second-order valence-corrected chi connectivity index (χ2v) is 3.01. The summed E-state index contributed by atoms with van der Waals surface area (Å²) in [4.78, 5) is 26.2. The first-order valence-corrected chi connectivity index (χ1v) is 4.54. The maximum atomic E-state index is 10.9. The Bertz CT molecular complexity index is 584. The van der Waals surface area contributed by atoms with Gasteiger partial charge in [-0.1, -0.05) is 18.2 Å². The lowest BCUT2D eigenvalue weighted by molar-refractivity contribution is 1.01. The molecule has 1 heterocycles. The van der Waals surface area contributed by atoms with Gasteiger partial charge in [-0.2, -0.15) is 0 Å². The first-order chi connectivity index (χ1) is 7.74. The second-order valence-electron chi connectivity index (χ2n) is 3.01. The van der Waals surface area contributed by atoms with Crippen molar-refractivity contribution in [1.29, 1.82) is 0 Å². The van der Waals surface area contributed by atoms with Crippen molar-refractivity contribution in [2.75, 3.05) is 0 Å². The van der Waals surface area contributed by atoms with Gasteiger partial charge in [0.1, 0.15) is 0 Å². The SMILES string of the molecule is O=c1cc(N=Nc2ccccc2)[nH]c(=O)[nH]1. The van der Waals surface area contributed by atoms with Crippen LogP contribution in [0.25, 0.3) is 0 Å². The zero-order valence-corrected chi connectivity index (χ0v) is 8.18. The smallest absolute Gasteiger partial charge is 0.290 e. The molecule has 0 fully saturated rings. The Labute approximate surface area is 89.7 Å². The topological polar surface area (TPSA) is 90.4 Å². The fraction of sp³-hybridized carbons (Fsp3) is 0. The van der Waals surface area contributed by atoms with Crippen LogP contribution in [-0.2, 0) is 0 Å². The van der Waals surface area contributed by atoms with Crippen LogP contribution in [0.5, 0.6) is 0 Å². The van der Waals surface area contributed by atoms with Crippen molar-refractivity contribution >= 4 is 11.5 Å². The molecule has 6 heteroatoms. The van der Waals surface area contributed by atoms with E-state index in [0.717, 1.165) is 6.07 Å². The van der Waals surface area contributed by atoms with Crippen LogP contribution in [0.3, 0.4) is 0 Å². The number of rotatable bonds is 2. The molecule has 0 unspecified atom stereocenters. The van der Waals surface area contributed by atoms with Gasteiger partial charge in [0.15, 0.2) is 5.82 Å². The molecule has 80 valence electrons. The number of aromatic amines is 2. The molecule has 0 aliphatic carbocycles. The van der Waals surface area contributed by atoms with Gasteiger partial charge in [0.05, 0.1) is 5.69 Å². The van der Waals surface area contributed by atoms with Crippen molar-refractivity contribution in [3.8, 4) is 0 Å². The summed E-state index contributed by atoms with van der Waals surface area (Å²) in [5.74, 6) is 0.123. The Morgan fingerprint density at radius 1 is 0.938 bits per heavy atom. The average Bonchev–Trinajstić information content (AvgIpc) is 2.27. The minimum atomic E-state index is -0.602. The molecule has 6 nitrogen and oxygen atoms in total. The summed E-state index contributed by atoms with van der Waals surface area (Å²) in [6.07, 6.45) is 0. The van der Waals surface area contributed by atoms with E-state index in [4.69, 9.17) is 0 Å². The molecule has 0 saturated heterocycles. The van der Waals surface area contributed by atoms with Crippen molar-refractivity contribution in [1.82, 2.24) is 9.97 Å². The van der Waals surface area contributed by atoms with E-state index in [2.05, 4.69) is 15.2 Å². The molecular weight excluding hydrogens is 208 g/mol. The predicted octanol–water partition coefficient (Wildman–Crippen LogP) is 1.48. The van der Waals surface area contributed by atoms with E-state index in [1.165, 1.54) is 0 Å². The Morgan fingerprint density at radius 3 is 2.38 bits per heavy atom. The van der Waals surface area contributed by atoms with Crippen LogP contribution in [0.1, 0.15) is 0 Å². The quantitative estimate of drug-likeness (QED) is 0.744. The molecule has 0 spiro atoms. The van der Waals surface area contributed by atoms with E-state index >= 15 is 0 Å². The van der Waals surface area contributed by atoms with Gasteiger partial charge in [-0.3, -0.25) is 14.8 Å². The van der Waals surface area contributed by atoms with Crippen LogP contribution in [0, 0.1) is 0 Å². The van der Waals surface area contributed by atoms with E-state index in [1.54, 1.807) is 12.1 Å². The van der Waals surface area contributed by atoms with Gasteiger partial charge >= 0.3 is 5.69 Å². The average molecular weight is 216 g/mol. The highest BCUT2D eigenvalue weighted by Crippen LogP contribution is 2.13. The maximum absolute atomic E-state index is 10.9. The molecule has 0 aliphatic rings. The Kier molecular flexibility index (Phi) is 2.73. The van der Waals surface area contributed by atoms with E-state index in [1.807, 2.05) is 23.2 Å². The van der Waals surface area contributed by atoms with Gasteiger partial charge in [0.2, 0.25) is 0 Å². The van der Waals surface area contributed by atoms with Crippen molar-refractivity contribution in [3.63, 3.8) is 0 Å². The van der Waals surface area contributed by atoms with E-state index in [0.29, 0.717) is 5.69 Å². The lowest BCUT2D eigenvalue weighted by atomic mass is 10.3. The summed E-state index contributed by atoms with van der Waals surface area (Å²) in [5.41, 5.74) is -0.469. The molecule has 0 radical (unpaired) electrons. The highest BCUT2D eigenvalue weighted by Gasteiger charge is 1.93. The van der Waals surface area contributed by atoms with Crippen LogP contribution >= 0.6 is 0 Å². The summed E-state index contributed by atoms with van der Waals surface area (Å²) in [6, 6.07) is 10.2. The molecule has 1 aromatic heterocycles. The summed E-state index contributed by atoms with van der Waals surface area (Å²) in [7, 11) is 0. The van der Waals surface area contributed by atoms with Gasteiger partial charge < -0.3 is 0 Å². The largest absolute Gasteiger partial charge is 0.327 e. The normalized spacial score (nSPS) is 10.8. The number of hydrogen-bond acceptors (Lipinski definition) is 4. The van der Waals surface area contributed by atoms with E-state index in [-0.39, 0.29) is 5.82 Å². The van der Waals surface area contributed by atoms with Gasteiger partial charge in [0, 0.05) is 6.07 Å². The molecule has 2 N–H and O–H groups in total. The minimum absolute atomic E-state index is 0.123. The molecule has 0 saturated carbocycles. The third-order valence-electron chi connectivity index (χ3n) is 1.78. The number of H-pyrrole nitrogens is 2. The molecule has 0 aliphatic heterocycles. The fourth-order valence-electron chi connectivity index (χ4n) is 1.12. The van der Waals surface area contributed by atoms with E-state index in [9.17, 15) is 9.59 Å². The number of benzene rings is 1. The lowest BCUT2D eigenvalue weighted by Crippen LogP contribution is -2.20. The van der Waals surface area contributed by atoms with E-state index < -0.39 is 11.2 Å². The molecule has 2 aromatic rings. The molecule has 0 atom stereocenters. The molecule has 1 aromatic carbocycles. The number of nitrogens with zero attached hydrogens (tertiary/aromatic N) is 2. The zero-order valence-electron chi connectivity index (χ0n) is 8.18. The van der Waals surface area contributed by atoms with Crippen LogP contribution < -0.4 is 11.2 Å². The number of azo groups is 1. The minimum Gasteiger partial charge on any atom is -0.290 e. The molecule has 0 amide bonds. The molecule has 16 heavy (non-hydrogen) atoms. The van der Waals surface area contributed by atoms with Crippen molar-refractivity contribution in [2.45, 2.75) is 0 Å². The summed E-state index contributed by atoms with van der Waals surface area (Å²) < 4.78 is 0. The zero-order chi connectivity index (χ0) is 11.4. The van der Waals surface area contributed by atoms with Crippen LogP contribution in [0.2, 0.25) is 0 Å². The predicted molar refractivity (Wildman–Crippen MR) is 58.3 cm³/mol. The Hall–Kier alpha value is -2.50. The van der Waals surface area contributed by atoms with Gasteiger partial charge in [-0.05, 0) is 12.1 Å². The highest BCUT2D eigenvalue weighted by atomic mass is 16.2. The Balaban J connectivity index is 2.31. The van der Waals surface area contributed by atoms with Gasteiger partial charge in [-0.15, -0.1) is 10.2 Å². The van der Waals surface area contributed by atoms with Crippen molar-refractivity contribution in [2.24, 2.45) is 10.2 Å². The highest BCUT2D eigenvalue weighted by molar-refractivity contribution is 5.36. The molecular formula is C10H8N4O2. The first-order valence-electron chi connectivity index (χ1n) is 4.54. The fourth-order valence-corrected chi connectivity index (χ4v) is 1.12. The number of aromatic nitrogens is 2. The number of nitrogens with one attached hydrogen (secondary N) is 2. The summed E-state index contributed by atoms with van der Waals surface area (Å²) in [5, 5.41) is 7.61. The number of hydrogen-bond donors (Lipinski definition) is 2. The Morgan fingerprint density at radius 2 is 1.69 bits per heavy atom. The van der Waals surface area contributed by atoms with Crippen LogP contribution in [0.4, 0.5) is 11.5 Å². The standard InChI is InChI=1S/C10H8N4O2/c15-9-6-8(11-10(16)12-9)14-13-7-4-2-1-3-5-7/h1-6H,(H2,11,12,15,16). The van der Waals surface area contributed by atoms with Crippen molar-refractivity contribution < 1.29 is 0 Å². The van der Waals surface area contributed by atoms with Crippen LogP contribution in [0.15, 0.2) is 56.2 Å². The third-order valence-corrected chi connectivity index (χ3v) is 1.78. The second kappa shape index (κ2) is 4.35. The maximum Gasteiger partial charge on any atom is 0.327 e. The van der Waals surface area contributed by atoms with Gasteiger partial charge in [0.25, 0.3) is 5.56 Å². The van der Waals surface area contributed by atoms with Crippen LogP contribution in [-0.4, -0.2) is 9.97 Å². The van der Waals surface area contributed by atoms with Gasteiger partial charge in [-0.25, -0.2) is 4.79 Å². The monoisotopic (exact) mass is 216 g/mol. The molecule has 0 bridgehead atoms. The summed E-state index contributed by atoms with van der Waals surface area (Å²) in [6.45, 7) is 0. The summed E-state index contributed by atoms with van der Waals surface area (Å²) >= 11 is 0. The molecule has 2 rings (SSSR count). The first kappa shape index (κ1) is 10.0. The van der Waals surface area contributed by atoms with Crippen molar-refractivity contribution in [3.05, 3.63) is 57.2 Å². The third kappa shape index (κ3) is 2.50. The lowest BCUT2D eigenvalue weighted by Gasteiger charge is -1.91.